The van der Waals surface area contributed by atoms with E-state index in [1.807, 2.05) is 48.5 Å². The van der Waals surface area contributed by atoms with Gasteiger partial charge in [-0.3, -0.25) is 4.79 Å². The first-order valence-electron chi connectivity index (χ1n) is 11.9. The molecule has 1 fully saturated rings. The van der Waals surface area contributed by atoms with Crippen LogP contribution in [0.2, 0.25) is 10.0 Å². The number of fused-ring (bicyclic) bond motifs is 1. The Labute approximate surface area is 219 Å². The third-order valence-electron chi connectivity index (χ3n) is 6.51. The number of aliphatic carboxylic acids is 1. The number of benzene rings is 3. The third kappa shape index (κ3) is 5.15. The van der Waals surface area contributed by atoms with Crippen molar-refractivity contribution in [2.45, 2.75) is 44.8 Å². The summed E-state index contributed by atoms with van der Waals surface area (Å²) in [5.74, 6) is 1.04. The second-order valence-corrected chi connectivity index (χ2v) is 10.2. The number of halogens is 2. The summed E-state index contributed by atoms with van der Waals surface area (Å²) < 4.78 is 14.1. The van der Waals surface area contributed by atoms with Gasteiger partial charge < -0.3 is 19.1 Å². The third-order valence-corrected chi connectivity index (χ3v) is 7.05. The summed E-state index contributed by atoms with van der Waals surface area (Å²) in [7, 11) is 0. The Morgan fingerprint density at radius 1 is 1.11 bits per heavy atom. The largest absolute Gasteiger partial charge is 0.493 e. The number of para-hydroxylation sites is 1. The van der Waals surface area contributed by atoms with Crippen LogP contribution in [0.1, 0.15) is 38.2 Å². The van der Waals surface area contributed by atoms with E-state index in [-0.39, 0.29) is 18.6 Å². The van der Waals surface area contributed by atoms with Crippen molar-refractivity contribution < 1.29 is 19.4 Å². The maximum Gasteiger partial charge on any atom is 0.306 e. The number of carboxylic acid groups (broad SMARTS) is 1. The number of nitrogens with zero attached hydrogens (tertiary/aromatic N) is 2. The number of ether oxygens (including phenoxy) is 2. The average Bonchev–Trinajstić information content (AvgIpc) is 3.17. The van der Waals surface area contributed by atoms with Crippen molar-refractivity contribution in [2.24, 2.45) is 0 Å². The highest BCUT2D eigenvalue weighted by Crippen LogP contribution is 2.40. The fourth-order valence-electron chi connectivity index (χ4n) is 4.45. The van der Waals surface area contributed by atoms with Crippen LogP contribution in [0.3, 0.4) is 0 Å². The van der Waals surface area contributed by atoms with Crippen molar-refractivity contribution in [3.63, 3.8) is 0 Å². The van der Waals surface area contributed by atoms with Crippen LogP contribution in [-0.2, 0) is 11.3 Å². The van der Waals surface area contributed by atoms with E-state index in [1.165, 1.54) is 0 Å². The van der Waals surface area contributed by atoms with Crippen molar-refractivity contribution in [1.82, 2.24) is 9.55 Å². The quantitative estimate of drug-likeness (QED) is 0.250. The summed E-state index contributed by atoms with van der Waals surface area (Å²) in [5, 5.41) is 9.98. The Morgan fingerprint density at radius 3 is 2.61 bits per heavy atom. The van der Waals surface area contributed by atoms with Gasteiger partial charge in [0.2, 0.25) is 0 Å². The van der Waals surface area contributed by atoms with Crippen molar-refractivity contribution >= 4 is 40.2 Å². The molecule has 6 nitrogen and oxygen atoms in total. The Balaban J connectivity index is 1.58. The van der Waals surface area contributed by atoms with Crippen LogP contribution in [0.4, 0.5) is 0 Å². The summed E-state index contributed by atoms with van der Waals surface area (Å²) in [6.07, 6.45) is 3.12. The van der Waals surface area contributed by atoms with E-state index in [2.05, 4.69) is 11.5 Å². The summed E-state index contributed by atoms with van der Waals surface area (Å²) in [6, 6.07) is 19.0. The molecule has 0 amide bonds. The minimum Gasteiger partial charge on any atom is -0.493 e. The Bertz CT molecular complexity index is 1430. The Kier molecular flexibility index (Phi) is 6.82. The van der Waals surface area contributed by atoms with Gasteiger partial charge in [-0.2, -0.15) is 0 Å². The smallest absolute Gasteiger partial charge is 0.306 e. The van der Waals surface area contributed by atoms with E-state index < -0.39 is 5.97 Å². The van der Waals surface area contributed by atoms with Crippen LogP contribution < -0.4 is 9.47 Å². The van der Waals surface area contributed by atoms with Crippen LogP contribution in [0.25, 0.3) is 22.4 Å². The monoisotopic (exact) mass is 524 g/mol. The number of hydrogen-bond acceptors (Lipinski definition) is 4. The maximum absolute atomic E-state index is 10.8. The first-order valence-corrected chi connectivity index (χ1v) is 12.6. The van der Waals surface area contributed by atoms with E-state index in [9.17, 15) is 4.79 Å². The fourth-order valence-corrected chi connectivity index (χ4v) is 4.92. The second-order valence-electron chi connectivity index (χ2n) is 9.31. The number of carbonyl (C=O) groups is 1. The molecule has 1 saturated carbocycles. The van der Waals surface area contributed by atoms with E-state index in [1.54, 1.807) is 12.1 Å². The standard InChI is InChI=1S/C28H26Cl2N2O4/c1-28(12-4-13-28)36-24-8-3-7-23-26(24)31-27(32(23)17-18-5-2-6-19(29)15-18)21-10-9-20(16-22(21)30)35-14-11-25(33)34/h2-3,5-10,15-16H,4,11-14,17H2,1H3,(H,33,34). The van der Waals surface area contributed by atoms with Gasteiger partial charge >= 0.3 is 5.97 Å². The van der Waals surface area contributed by atoms with Crippen molar-refractivity contribution in [2.75, 3.05) is 6.61 Å². The molecular formula is C28H26Cl2N2O4. The Hall–Kier alpha value is -3.22. The summed E-state index contributed by atoms with van der Waals surface area (Å²) in [5.41, 5.74) is 3.31. The van der Waals surface area contributed by atoms with Crippen LogP contribution in [0.15, 0.2) is 60.7 Å². The van der Waals surface area contributed by atoms with Gasteiger partial charge in [0.1, 0.15) is 28.4 Å². The second kappa shape index (κ2) is 10.0. The molecule has 1 heterocycles. The lowest BCUT2D eigenvalue weighted by Gasteiger charge is -2.38. The minimum absolute atomic E-state index is 0.0672. The van der Waals surface area contributed by atoms with Crippen molar-refractivity contribution in [3.8, 4) is 22.9 Å². The molecule has 4 aromatic rings. The first kappa shape index (κ1) is 24.5. The highest BCUT2D eigenvalue weighted by Gasteiger charge is 2.35. The molecule has 1 aromatic heterocycles. The van der Waals surface area contributed by atoms with Gasteiger partial charge in [0, 0.05) is 17.1 Å². The maximum atomic E-state index is 10.8. The van der Waals surface area contributed by atoms with E-state index in [0.29, 0.717) is 28.2 Å². The van der Waals surface area contributed by atoms with Gasteiger partial charge in [-0.15, -0.1) is 0 Å². The SMILES string of the molecule is CC1(Oc2cccc3c2nc(-c2ccc(OCCC(=O)O)cc2Cl)n3Cc2cccc(Cl)c2)CCC1. The zero-order chi connectivity index (χ0) is 25.3. The van der Waals surface area contributed by atoms with Crippen LogP contribution in [0, 0.1) is 0 Å². The summed E-state index contributed by atoms with van der Waals surface area (Å²) in [6.45, 7) is 2.75. The molecule has 5 rings (SSSR count). The van der Waals surface area contributed by atoms with Gasteiger partial charge in [0.05, 0.1) is 23.6 Å². The normalized spacial score (nSPS) is 14.4. The number of rotatable bonds is 9. The highest BCUT2D eigenvalue weighted by molar-refractivity contribution is 6.33. The number of hydrogen-bond donors (Lipinski definition) is 1. The summed E-state index contributed by atoms with van der Waals surface area (Å²) in [4.78, 5) is 15.8. The molecule has 0 saturated heterocycles. The molecule has 0 aliphatic heterocycles. The lowest BCUT2D eigenvalue weighted by Crippen LogP contribution is -2.39. The first-order chi connectivity index (χ1) is 17.3. The fraction of sp³-hybridized carbons (Fsp3) is 0.286. The molecule has 0 atom stereocenters. The summed E-state index contributed by atoms with van der Waals surface area (Å²) >= 11 is 13.0. The lowest BCUT2D eigenvalue weighted by molar-refractivity contribution is -0.137. The molecular weight excluding hydrogens is 499 g/mol. The van der Waals surface area contributed by atoms with Gasteiger partial charge in [0.25, 0.3) is 0 Å². The zero-order valence-electron chi connectivity index (χ0n) is 19.8. The molecule has 1 aliphatic carbocycles. The highest BCUT2D eigenvalue weighted by atomic mass is 35.5. The molecule has 0 bridgehead atoms. The predicted octanol–water partition coefficient (Wildman–Crippen LogP) is 7.23. The molecule has 1 aliphatic rings. The molecule has 186 valence electrons. The number of aromatic nitrogens is 2. The van der Waals surface area contributed by atoms with Gasteiger partial charge in [-0.05, 0) is 74.2 Å². The molecule has 1 N–H and O–H groups in total. The van der Waals surface area contributed by atoms with Crippen LogP contribution >= 0.6 is 23.2 Å². The van der Waals surface area contributed by atoms with Crippen molar-refractivity contribution in [3.05, 3.63) is 76.3 Å². The lowest BCUT2D eigenvalue weighted by atomic mass is 9.82. The van der Waals surface area contributed by atoms with Gasteiger partial charge in [0.15, 0.2) is 0 Å². The molecule has 36 heavy (non-hydrogen) atoms. The molecule has 8 heteroatoms. The van der Waals surface area contributed by atoms with Crippen LogP contribution in [0.5, 0.6) is 11.5 Å². The molecule has 3 aromatic carbocycles. The molecule has 0 radical (unpaired) electrons. The van der Waals surface area contributed by atoms with E-state index in [4.69, 9.17) is 42.8 Å². The molecule has 0 unspecified atom stereocenters. The van der Waals surface area contributed by atoms with E-state index in [0.717, 1.165) is 47.2 Å². The Morgan fingerprint density at radius 2 is 1.92 bits per heavy atom. The van der Waals surface area contributed by atoms with E-state index >= 15 is 0 Å². The number of imidazole rings is 1. The average molecular weight is 525 g/mol. The zero-order valence-corrected chi connectivity index (χ0v) is 21.4. The predicted molar refractivity (Wildman–Crippen MR) is 141 cm³/mol. The van der Waals surface area contributed by atoms with Crippen molar-refractivity contribution in [1.29, 1.82) is 0 Å². The topological polar surface area (TPSA) is 73.6 Å². The number of carboxylic acids is 1. The van der Waals surface area contributed by atoms with Gasteiger partial charge in [-0.25, -0.2) is 4.98 Å². The van der Waals surface area contributed by atoms with Gasteiger partial charge in [-0.1, -0.05) is 41.4 Å². The molecule has 0 spiro atoms. The van der Waals surface area contributed by atoms with Crippen LogP contribution in [-0.4, -0.2) is 32.8 Å². The minimum atomic E-state index is -0.916.